The second-order valence-corrected chi connectivity index (χ2v) is 7.35. The Labute approximate surface area is 73.8 Å². The van der Waals surface area contributed by atoms with E-state index in [4.69, 9.17) is 19.9 Å². The van der Waals surface area contributed by atoms with Crippen LogP contribution in [-0.4, -0.2) is 22.1 Å². The van der Waals surface area contributed by atoms with Gasteiger partial charge in [-0.15, -0.1) is 0 Å². The fraction of sp³-hybridized carbons (Fsp3) is 1.00. The van der Waals surface area contributed by atoms with Gasteiger partial charge in [0, 0.05) is 19.8 Å². The van der Waals surface area contributed by atoms with Crippen LogP contribution in [0.2, 0.25) is 5.54 Å². The van der Waals surface area contributed by atoms with Crippen molar-refractivity contribution in [3.63, 3.8) is 0 Å². The lowest BCUT2D eigenvalue weighted by atomic mass is 10.4. The van der Waals surface area contributed by atoms with Crippen molar-refractivity contribution in [1.29, 1.82) is 0 Å². The van der Waals surface area contributed by atoms with E-state index in [1.54, 1.807) is 14.2 Å². The molecule has 0 amide bonds. The van der Waals surface area contributed by atoms with Gasteiger partial charge in [-0.1, -0.05) is 23.9 Å². The second kappa shape index (κ2) is 3.89. The van der Waals surface area contributed by atoms with Gasteiger partial charge < -0.3 is 8.85 Å². The van der Waals surface area contributed by atoms with Crippen LogP contribution in [0.5, 0.6) is 0 Å². The number of hydrogen-bond acceptors (Lipinski definition) is 2. The van der Waals surface area contributed by atoms with Crippen LogP contribution in [0.4, 0.5) is 0 Å². The van der Waals surface area contributed by atoms with E-state index in [1.165, 1.54) is 25.7 Å². The van der Waals surface area contributed by atoms with Crippen LogP contribution >= 0.6 is 11.1 Å². The highest BCUT2D eigenvalue weighted by Crippen LogP contribution is 2.40. The van der Waals surface area contributed by atoms with Crippen molar-refractivity contribution < 1.29 is 8.85 Å². The first kappa shape index (κ1) is 9.51. The van der Waals surface area contributed by atoms with E-state index in [2.05, 4.69) is 0 Å². The molecular weight excluding hydrogens is 180 g/mol. The Balaban J connectivity index is 2.52. The van der Waals surface area contributed by atoms with Crippen LogP contribution in [0.3, 0.4) is 0 Å². The third-order valence-corrected chi connectivity index (χ3v) is 6.92. The molecule has 0 unspecified atom stereocenters. The average molecular weight is 195 g/mol. The monoisotopic (exact) mass is 194 g/mol. The van der Waals surface area contributed by atoms with Gasteiger partial charge in [-0.05, 0) is 12.8 Å². The molecule has 0 heterocycles. The number of halogens is 1. The number of rotatable bonds is 3. The lowest BCUT2D eigenvalue weighted by Gasteiger charge is -2.25. The largest absolute Gasteiger partial charge is 0.445 e. The molecule has 0 aromatic rings. The smallest absolute Gasteiger partial charge is 0.386 e. The Morgan fingerprint density at radius 1 is 1.18 bits per heavy atom. The predicted octanol–water partition coefficient (Wildman–Crippen LogP) is 2.40. The minimum absolute atomic E-state index is 0.499. The topological polar surface area (TPSA) is 18.5 Å². The summed E-state index contributed by atoms with van der Waals surface area (Å²) in [7, 11) is 1.02. The fourth-order valence-electron chi connectivity index (χ4n) is 1.69. The fourth-order valence-corrected chi connectivity index (χ4v) is 4.27. The molecule has 66 valence electrons. The van der Waals surface area contributed by atoms with E-state index in [-0.39, 0.29) is 0 Å². The Morgan fingerprint density at radius 3 is 2.00 bits per heavy atom. The van der Waals surface area contributed by atoms with Crippen molar-refractivity contribution in [3.05, 3.63) is 0 Å². The predicted molar refractivity (Wildman–Crippen MR) is 47.8 cm³/mol. The number of hydrogen-bond donors (Lipinski definition) is 0. The van der Waals surface area contributed by atoms with Crippen LogP contribution < -0.4 is 0 Å². The van der Waals surface area contributed by atoms with Gasteiger partial charge in [0.25, 0.3) is 0 Å². The molecule has 11 heavy (non-hydrogen) atoms. The standard InChI is InChI=1S/C7H15ClO2Si/c1-9-11(8,10-2)7-5-3-4-6-7/h7H,3-6H2,1-2H3. The van der Waals surface area contributed by atoms with Gasteiger partial charge in [0.1, 0.15) is 0 Å². The van der Waals surface area contributed by atoms with Crippen LogP contribution in [0.15, 0.2) is 0 Å². The molecule has 0 spiro atoms. The van der Waals surface area contributed by atoms with Crippen molar-refractivity contribution in [2.75, 3.05) is 14.2 Å². The molecule has 1 saturated carbocycles. The van der Waals surface area contributed by atoms with Crippen molar-refractivity contribution in [2.45, 2.75) is 31.2 Å². The second-order valence-electron chi connectivity index (χ2n) is 2.97. The van der Waals surface area contributed by atoms with Gasteiger partial charge in [0.2, 0.25) is 0 Å². The maximum atomic E-state index is 6.21. The minimum Gasteiger partial charge on any atom is -0.386 e. The van der Waals surface area contributed by atoms with Crippen LogP contribution in [0.25, 0.3) is 0 Å². The van der Waals surface area contributed by atoms with E-state index in [1.807, 2.05) is 0 Å². The molecule has 0 atom stereocenters. The van der Waals surface area contributed by atoms with Crippen molar-refractivity contribution >= 4 is 18.9 Å². The summed E-state index contributed by atoms with van der Waals surface area (Å²) in [5, 5.41) is 0. The molecule has 4 heteroatoms. The van der Waals surface area contributed by atoms with Gasteiger partial charge >= 0.3 is 7.87 Å². The van der Waals surface area contributed by atoms with Crippen molar-refractivity contribution in [2.24, 2.45) is 0 Å². The maximum Gasteiger partial charge on any atom is 0.445 e. The molecule has 0 radical (unpaired) electrons. The van der Waals surface area contributed by atoms with Crippen LogP contribution in [-0.2, 0) is 8.85 Å². The summed E-state index contributed by atoms with van der Waals surface area (Å²) in [5.41, 5.74) is 0.499. The van der Waals surface area contributed by atoms with E-state index in [9.17, 15) is 0 Å². The zero-order chi connectivity index (χ0) is 8.32. The summed E-state index contributed by atoms with van der Waals surface area (Å²) in [6.45, 7) is 0. The molecule has 0 bridgehead atoms. The van der Waals surface area contributed by atoms with E-state index in [0.717, 1.165) is 0 Å². The van der Waals surface area contributed by atoms with Crippen LogP contribution in [0.1, 0.15) is 25.7 Å². The molecule has 0 saturated heterocycles. The molecule has 1 fully saturated rings. The molecular formula is C7H15ClO2Si. The lowest BCUT2D eigenvalue weighted by molar-refractivity contribution is 0.253. The van der Waals surface area contributed by atoms with Crippen LogP contribution in [0, 0.1) is 0 Å². The normalized spacial score (nSPS) is 21.0. The Morgan fingerprint density at radius 2 is 1.64 bits per heavy atom. The SMILES string of the molecule is CO[Si](Cl)(OC)C1CCCC1. The minimum atomic E-state index is -2.29. The summed E-state index contributed by atoms with van der Waals surface area (Å²) in [6.07, 6.45) is 4.91. The average Bonchev–Trinajstić information content (AvgIpc) is 2.55. The summed E-state index contributed by atoms with van der Waals surface area (Å²) in [6, 6.07) is 0. The molecule has 1 aliphatic rings. The maximum absolute atomic E-state index is 6.21. The van der Waals surface area contributed by atoms with Crippen molar-refractivity contribution in [1.82, 2.24) is 0 Å². The molecule has 0 aromatic heterocycles. The Kier molecular flexibility index (Phi) is 3.37. The summed E-state index contributed by atoms with van der Waals surface area (Å²) in [4.78, 5) is 0. The third kappa shape index (κ3) is 1.96. The van der Waals surface area contributed by atoms with Gasteiger partial charge in [-0.25, -0.2) is 0 Å². The Bertz CT molecular complexity index is 122. The highest BCUT2D eigenvalue weighted by atomic mass is 35.6. The van der Waals surface area contributed by atoms with Gasteiger partial charge in [0.15, 0.2) is 0 Å². The van der Waals surface area contributed by atoms with Gasteiger partial charge in [-0.2, -0.15) is 0 Å². The summed E-state index contributed by atoms with van der Waals surface area (Å²) in [5.74, 6) is 0. The van der Waals surface area contributed by atoms with Gasteiger partial charge in [0.05, 0.1) is 0 Å². The molecule has 1 rings (SSSR count). The van der Waals surface area contributed by atoms with E-state index < -0.39 is 7.87 Å². The summed E-state index contributed by atoms with van der Waals surface area (Å²) >= 11 is 6.21. The third-order valence-electron chi connectivity index (χ3n) is 2.40. The quantitative estimate of drug-likeness (QED) is 0.508. The van der Waals surface area contributed by atoms with E-state index in [0.29, 0.717) is 5.54 Å². The zero-order valence-electron chi connectivity index (χ0n) is 7.10. The first-order valence-electron chi connectivity index (χ1n) is 4.02. The Hall–Kier alpha value is 0.427. The highest BCUT2D eigenvalue weighted by Gasteiger charge is 2.44. The molecule has 0 aliphatic heterocycles. The molecule has 2 nitrogen and oxygen atoms in total. The van der Waals surface area contributed by atoms with Gasteiger partial charge in [-0.3, -0.25) is 0 Å². The molecule has 0 N–H and O–H groups in total. The lowest BCUT2D eigenvalue weighted by Crippen LogP contribution is -2.38. The summed E-state index contributed by atoms with van der Waals surface area (Å²) < 4.78 is 10.5. The molecule has 1 aliphatic carbocycles. The zero-order valence-corrected chi connectivity index (χ0v) is 8.86. The first-order valence-corrected chi connectivity index (χ1v) is 6.92. The highest BCUT2D eigenvalue weighted by molar-refractivity contribution is 7.13. The van der Waals surface area contributed by atoms with E-state index >= 15 is 0 Å². The van der Waals surface area contributed by atoms with Crippen molar-refractivity contribution in [3.8, 4) is 0 Å². The molecule has 0 aromatic carbocycles. The first-order chi connectivity index (χ1) is 5.23.